The zero-order valence-corrected chi connectivity index (χ0v) is 16.1. The van der Waals surface area contributed by atoms with Crippen LogP contribution < -0.4 is 5.32 Å². The third kappa shape index (κ3) is 3.21. The number of aromatic nitrogens is 1. The van der Waals surface area contributed by atoms with Crippen LogP contribution in [0, 0.1) is 5.41 Å². The predicted octanol–water partition coefficient (Wildman–Crippen LogP) is 5.20. The summed E-state index contributed by atoms with van der Waals surface area (Å²) < 4.78 is 0. The molecular formula is C23H22N2OS. The number of anilines is 1. The Morgan fingerprint density at radius 1 is 1.33 bits per heavy atom. The number of carbonyl (C=O) groups is 1. The summed E-state index contributed by atoms with van der Waals surface area (Å²) in [6, 6.07) is 16.9. The molecule has 0 radical (unpaired) electrons. The maximum Gasteiger partial charge on any atom is 0.233 e. The normalized spacial score (nSPS) is 20.9. The van der Waals surface area contributed by atoms with Gasteiger partial charge in [0.2, 0.25) is 5.91 Å². The van der Waals surface area contributed by atoms with Gasteiger partial charge in [-0.3, -0.25) is 4.79 Å². The molecule has 4 heteroatoms. The summed E-state index contributed by atoms with van der Waals surface area (Å²) in [6.45, 7) is 5.93. The van der Waals surface area contributed by atoms with E-state index in [1.54, 1.807) is 6.20 Å². The average Bonchev–Trinajstić information content (AvgIpc) is 3.28. The first kappa shape index (κ1) is 17.7. The Hall–Kier alpha value is -2.72. The quantitative estimate of drug-likeness (QED) is 0.623. The fourth-order valence-corrected chi connectivity index (χ4v) is 4.66. The van der Waals surface area contributed by atoms with Gasteiger partial charge in [-0.05, 0) is 42.0 Å². The van der Waals surface area contributed by atoms with E-state index in [1.807, 2.05) is 29.7 Å². The van der Waals surface area contributed by atoms with Gasteiger partial charge in [-0.2, -0.15) is 0 Å². The highest BCUT2D eigenvalue weighted by Gasteiger charge is 2.48. The molecule has 1 heterocycles. The fraction of sp³-hybridized carbons (Fsp3) is 0.217. The molecule has 3 aromatic rings. The molecule has 0 fully saturated rings. The van der Waals surface area contributed by atoms with E-state index in [0.29, 0.717) is 11.6 Å². The summed E-state index contributed by atoms with van der Waals surface area (Å²) in [5.74, 6) is 0.0335. The monoisotopic (exact) mass is 374 g/mol. The molecule has 1 aliphatic rings. The van der Waals surface area contributed by atoms with Crippen molar-refractivity contribution >= 4 is 22.4 Å². The first-order chi connectivity index (χ1) is 13.1. The van der Waals surface area contributed by atoms with Crippen molar-refractivity contribution in [1.82, 2.24) is 4.98 Å². The van der Waals surface area contributed by atoms with E-state index in [9.17, 15) is 4.79 Å². The number of amides is 1. The number of nitrogens with zero attached hydrogens (tertiary/aromatic N) is 1. The molecule has 1 aromatic heterocycles. The molecular weight excluding hydrogens is 352 g/mol. The molecule has 4 rings (SSSR count). The Kier molecular flexibility index (Phi) is 4.66. The number of thiazole rings is 1. The average molecular weight is 375 g/mol. The molecule has 0 bridgehead atoms. The second-order valence-corrected chi connectivity index (χ2v) is 8.15. The van der Waals surface area contributed by atoms with Crippen molar-refractivity contribution in [3.05, 3.63) is 95.0 Å². The topological polar surface area (TPSA) is 42.0 Å². The number of carbonyl (C=O) groups excluding carboxylic acids is 1. The highest BCUT2D eigenvalue weighted by molar-refractivity contribution is 7.13. The third-order valence-corrected chi connectivity index (χ3v) is 6.09. The van der Waals surface area contributed by atoms with Gasteiger partial charge in [0.25, 0.3) is 0 Å². The molecule has 0 saturated heterocycles. The van der Waals surface area contributed by atoms with Crippen molar-refractivity contribution in [1.29, 1.82) is 0 Å². The lowest BCUT2D eigenvalue weighted by Crippen LogP contribution is -2.37. The molecule has 2 atom stereocenters. The van der Waals surface area contributed by atoms with E-state index >= 15 is 0 Å². The lowest BCUT2D eigenvalue weighted by Gasteiger charge is -2.31. The fourth-order valence-electron chi connectivity index (χ4n) is 4.14. The molecule has 2 unspecified atom stereocenters. The third-order valence-electron chi connectivity index (χ3n) is 5.40. The van der Waals surface area contributed by atoms with E-state index in [0.717, 1.165) is 6.42 Å². The van der Waals surface area contributed by atoms with Gasteiger partial charge in [0, 0.05) is 17.5 Å². The van der Waals surface area contributed by atoms with Gasteiger partial charge >= 0.3 is 0 Å². The Bertz CT molecular complexity index is 965. The molecule has 1 N–H and O–H groups in total. The predicted molar refractivity (Wildman–Crippen MR) is 111 cm³/mol. The molecule has 27 heavy (non-hydrogen) atoms. The highest BCUT2D eigenvalue weighted by Crippen LogP contribution is 2.51. The Morgan fingerprint density at radius 2 is 2.15 bits per heavy atom. The Labute approximate surface area is 163 Å². The van der Waals surface area contributed by atoms with Crippen LogP contribution in [0.15, 0.2) is 72.8 Å². The lowest BCUT2D eigenvalue weighted by atomic mass is 9.73. The summed E-state index contributed by atoms with van der Waals surface area (Å²) in [7, 11) is 0. The van der Waals surface area contributed by atoms with Gasteiger partial charge in [-0.25, -0.2) is 4.98 Å². The number of hydrogen-bond acceptors (Lipinski definition) is 3. The number of hydrogen-bond donors (Lipinski definition) is 1. The van der Waals surface area contributed by atoms with E-state index in [1.165, 1.54) is 33.6 Å². The number of rotatable bonds is 5. The molecule has 136 valence electrons. The van der Waals surface area contributed by atoms with Gasteiger partial charge < -0.3 is 5.32 Å². The van der Waals surface area contributed by atoms with Crippen molar-refractivity contribution in [2.45, 2.75) is 25.7 Å². The zero-order chi connectivity index (χ0) is 18.9. The second kappa shape index (κ2) is 7.12. The van der Waals surface area contributed by atoms with Gasteiger partial charge in [0.05, 0.1) is 5.41 Å². The molecule has 0 aliphatic heterocycles. The van der Waals surface area contributed by atoms with Crippen LogP contribution in [0.3, 0.4) is 0 Å². The van der Waals surface area contributed by atoms with Crippen molar-refractivity contribution in [3.8, 4) is 0 Å². The Morgan fingerprint density at radius 3 is 2.85 bits per heavy atom. The van der Waals surface area contributed by atoms with Crippen molar-refractivity contribution in [2.24, 2.45) is 5.41 Å². The first-order valence-electron chi connectivity index (χ1n) is 9.10. The van der Waals surface area contributed by atoms with Crippen LogP contribution in [-0.2, 0) is 17.6 Å². The van der Waals surface area contributed by atoms with E-state index in [4.69, 9.17) is 0 Å². The van der Waals surface area contributed by atoms with Crippen LogP contribution in [0.4, 0.5) is 5.13 Å². The zero-order valence-electron chi connectivity index (χ0n) is 15.3. The van der Waals surface area contributed by atoms with Crippen LogP contribution in [0.1, 0.15) is 35.1 Å². The van der Waals surface area contributed by atoms with Gasteiger partial charge in [0.1, 0.15) is 0 Å². The molecule has 0 spiro atoms. The minimum atomic E-state index is -0.567. The minimum Gasteiger partial charge on any atom is -0.301 e. The summed E-state index contributed by atoms with van der Waals surface area (Å²) in [4.78, 5) is 17.6. The number of benzene rings is 2. The maximum absolute atomic E-state index is 13.3. The van der Waals surface area contributed by atoms with Crippen LogP contribution in [0.5, 0.6) is 0 Å². The van der Waals surface area contributed by atoms with E-state index in [2.05, 4.69) is 54.1 Å². The van der Waals surface area contributed by atoms with Crippen LogP contribution in [0.25, 0.3) is 0 Å². The largest absolute Gasteiger partial charge is 0.301 e. The van der Waals surface area contributed by atoms with Gasteiger partial charge in [-0.1, -0.05) is 54.6 Å². The minimum absolute atomic E-state index is 0.0124. The van der Waals surface area contributed by atoms with E-state index in [-0.39, 0.29) is 11.8 Å². The maximum atomic E-state index is 13.3. The molecule has 0 saturated carbocycles. The van der Waals surface area contributed by atoms with Crippen molar-refractivity contribution in [3.63, 3.8) is 0 Å². The SMILES string of the molecule is C=CCc1ccc2c(c1)C(c1ccccc1)C(C)(C(=O)Nc1nccs1)C2. The molecule has 1 amide bonds. The number of allylic oxidation sites excluding steroid dienone is 1. The Balaban J connectivity index is 1.78. The smallest absolute Gasteiger partial charge is 0.233 e. The van der Waals surface area contributed by atoms with Crippen molar-refractivity contribution < 1.29 is 4.79 Å². The lowest BCUT2D eigenvalue weighted by molar-refractivity contribution is -0.125. The van der Waals surface area contributed by atoms with Gasteiger partial charge in [-0.15, -0.1) is 17.9 Å². The summed E-state index contributed by atoms with van der Waals surface area (Å²) in [6.07, 6.45) is 5.18. The summed E-state index contributed by atoms with van der Waals surface area (Å²) >= 11 is 1.44. The van der Waals surface area contributed by atoms with Crippen LogP contribution in [-0.4, -0.2) is 10.9 Å². The molecule has 1 aliphatic carbocycles. The summed E-state index contributed by atoms with van der Waals surface area (Å²) in [5.41, 5.74) is 4.33. The van der Waals surface area contributed by atoms with Crippen molar-refractivity contribution in [2.75, 3.05) is 5.32 Å². The van der Waals surface area contributed by atoms with E-state index < -0.39 is 5.41 Å². The molecule has 3 nitrogen and oxygen atoms in total. The number of nitrogens with one attached hydrogen (secondary N) is 1. The first-order valence-corrected chi connectivity index (χ1v) is 9.98. The van der Waals surface area contributed by atoms with Gasteiger partial charge in [0.15, 0.2) is 5.13 Å². The standard InChI is InChI=1S/C23H22N2OS/c1-3-7-16-10-11-18-15-23(2,21(26)25-22-24-12-13-27-22)20(19(18)14-16)17-8-5-4-6-9-17/h3-6,8-14,20H,1,7,15H2,2H3,(H,24,25,26). The number of fused-ring (bicyclic) bond motifs is 1. The van der Waals surface area contributed by atoms with Crippen LogP contribution in [0.2, 0.25) is 0 Å². The highest BCUT2D eigenvalue weighted by atomic mass is 32.1. The van der Waals surface area contributed by atoms with Crippen LogP contribution >= 0.6 is 11.3 Å². The molecule has 2 aromatic carbocycles. The summed E-state index contributed by atoms with van der Waals surface area (Å²) in [5, 5.41) is 5.55. The second-order valence-electron chi connectivity index (χ2n) is 7.26.